The van der Waals surface area contributed by atoms with Crippen LogP contribution < -0.4 is 4.74 Å². The molecule has 1 aliphatic rings. The van der Waals surface area contributed by atoms with Crippen LogP contribution in [0.5, 0.6) is 5.75 Å². The van der Waals surface area contributed by atoms with Crippen LogP contribution in [-0.2, 0) is 0 Å². The van der Waals surface area contributed by atoms with Gasteiger partial charge in [0, 0.05) is 23.6 Å². The van der Waals surface area contributed by atoms with Crippen LogP contribution in [0.15, 0.2) is 48.7 Å². The number of hydrogen-bond donors (Lipinski definition) is 2. The molecule has 0 saturated carbocycles. The minimum absolute atomic E-state index is 0.276. The number of aromatic amines is 1. The molecule has 1 fully saturated rings. The van der Waals surface area contributed by atoms with Crippen LogP contribution in [-0.4, -0.2) is 41.7 Å². The Morgan fingerprint density at radius 1 is 1.19 bits per heavy atom. The maximum absolute atomic E-state index is 13.0. The van der Waals surface area contributed by atoms with E-state index in [2.05, 4.69) is 28.2 Å². The van der Waals surface area contributed by atoms with Crippen LogP contribution in [0.1, 0.15) is 36.0 Å². The Hall–Kier alpha value is -2.37. The van der Waals surface area contributed by atoms with E-state index in [1.54, 1.807) is 19.2 Å². The molecule has 5 heteroatoms. The average Bonchev–Trinajstić information content (AvgIpc) is 3.12. The molecular formula is C22H25FN2O2. The number of H-pyrrole nitrogens is 1. The van der Waals surface area contributed by atoms with Crippen molar-refractivity contribution in [3.05, 3.63) is 65.6 Å². The summed E-state index contributed by atoms with van der Waals surface area (Å²) in [5, 5.41) is 11.7. The Morgan fingerprint density at radius 2 is 1.93 bits per heavy atom. The number of benzene rings is 2. The maximum atomic E-state index is 13.0. The molecule has 2 heterocycles. The highest BCUT2D eigenvalue weighted by Crippen LogP contribution is 2.35. The molecule has 2 aromatic carbocycles. The summed E-state index contributed by atoms with van der Waals surface area (Å²) in [6, 6.07) is 12.3. The number of hydrogen-bond acceptors (Lipinski definition) is 3. The molecule has 0 unspecified atom stereocenters. The number of piperidine rings is 1. The molecule has 142 valence electrons. The minimum Gasteiger partial charge on any atom is -0.497 e. The van der Waals surface area contributed by atoms with Gasteiger partial charge in [0.15, 0.2) is 0 Å². The summed E-state index contributed by atoms with van der Waals surface area (Å²) in [5.41, 5.74) is 3.25. The van der Waals surface area contributed by atoms with E-state index in [1.807, 2.05) is 6.07 Å². The highest BCUT2D eigenvalue weighted by molar-refractivity contribution is 5.85. The first-order valence-corrected chi connectivity index (χ1v) is 9.45. The number of halogens is 1. The fourth-order valence-electron chi connectivity index (χ4n) is 4.05. The van der Waals surface area contributed by atoms with E-state index in [0.717, 1.165) is 42.8 Å². The predicted molar refractivity (Wildman–Crippen MR) is 105 cm³/mol. The molecule has 0 aliphatic carbocycles. The zero-order chi connectivity index (χ0) is 18.8. The van der Waals surface area contributed by atoms with Gasteiger partial charge in [-0.05, 0) is 73.3 Å². The van der Waals surface area contributed by atoms with E-state index >= 15 is 0 Å². The van der Waals surface area contributed by atoms with Gasteiger partial charge in [-0.25, -0.2) is 4.39 Å². The smallest absolute Gasteiger partial charge is 0.123 e. The summed E-state index contributed by atoms with van der Waals surface area (Å²) >= 11 is 0. The zero-order valence-electron chi connectivity index (χ0n) is 15.5. The van der Waals surface area contributed by atoms with Crippen LogP contribution in [0.25, 0.3) is 10.9 Å². The van der Waals surface area contributed by atoms with E-state index in [0.29, 0.717) is 12.5 Å². The number of ether oxygens (including phenoxy) is 1. The van der Waals surface area contributed by atoms with E-state index in [-0.39, 0.29) is 5.82 Å². The van der Waals surface area contributed by atoms with Gasteiger partial charge in [-0.2, -0.15) is 0 Å². The van der Waals surface area contributed by atoms with Crippen molar-refractivity contribution in [2.45, 2.75) is 24.9 Å². The normalized spacial score (nSPS) is 17.3. The largest absolute Gasteiger partial charge is 0.497 e. The van der Waals surface area contributed by atoms with Crippen molar-refractivity contribution in [2.24, 2.45) is 0 Å². The number of rotatable bonds is 5. The predicted octanol–water partition coefficient (Wildman–Crippen LogP) is 4.23. The molecule has 4 rings (SSSR count). The zero-order valence-corrected chi connectivity index (χ0v) is 15.5. The second-order valence-corrected chi connectivity index (χ2v) is 7.30. The Bertz CT molecular complexity index is 898. The molecule has 2 N–H and O–H groups in total. The minimum atomic E-state index is -0.584. The third-order valence-corrected chi connectivity index (χ3v) is 5.63. The van der Waals surface area contributed by atoms with Gasteiger partial charge in [0.05, 0.1) is 13.2 Å². The van der Waals surface area contributed by atoms with Crippen LogP contribution in [0.3, 0.4) is 0 Å². The quantitative estimate of drug-likeness (QED) is 0.709. The number of β-amino-alcohol motifs (C(OH)–C–C–N with tert-alkyl or cyclic N) is 1. The summed E-state index contributed by atoms with van der Waals surface area (Å²) < 4.78 is 18.4. The monoisotopic (exact) mass is 368 g/mol. The summed E-state index contributed by atoms with van der Waals surface area (Å²) in [6.07, 6.45) is 3.65. The van der Waals surface area contributed by atoms with Crippen molar-refractivity contribution in [3.8, 4) is 5.75 Å². The summed E-state index contributed by atoms with van der Waals surface area (Å²) in [7, 11) is 1.69. The molecule has 1 saturated heterocycles. The van der Waals surface area contributed by atoms with Gasteiger partial charge in [0.2, 0.25) is 0 Å². The third-order valence-electron chi connectivity index (χ3n) is 5.63. The number of aliphatic hydroxyl groups is 1. The number of fused-ring (bicyclic) bond motifs is 1. The van der Waals surface area contributed by atoms with E-state index in [1.165, 1.54) is 23.1 Å². The van der Waals surface area contributed by atoms with Crippen LogP contribution in [0.4, 0.5) is 4.39 Å². The summed E-state index contributed by atoms with van der Waals surface area (Å²) in [5.74, 6) is 1.11. The molecular weight excluding hydrogens is 343 g/mol. The first kappa shape index (κ1) is 18.0. The Balaban J connectivity index is 1.39. The van der Waals surface area contributed by atoms with Crippen molar-refractivity contribution >= 4 is 10.9 Å². The van der Waals surface area contributed by atoms with Gasteiger partial charge in [-0.3, -0.25) is 0 Å². The lowest BCUT2D eigenvalue weighted by Gasteiger charge is -2.33. The molecule has 0 bridgehead atoms. The van der Waals surface area contributed by atoms with Crippen molar-refractivity contribution < 1.29 is 14.2 Å². The van der Waals surface area contributed by atoms with Crippen LogP contribution >= 0.6 is 0 Å². The fraction of sp³-hybridized carbons (Fsp3) is 0.364. The van der Waals surface area contributed by atoms with Crippen molar-refractivity contribution in [1.29, 1.82) is 0 Å². The van der Waals surface area contributed by atoms with Gasteiger partial charge in [0.25, 0.3) is 0 Å². The average molecular weight is 368 g/mol. The second kappa shape index (κ2) is 7.71. The molecule has 1 aliphatic heterocycles. The summed E-state index contributed by atoms with van der Waals surface area (Å²) in [6.45, 7) is 2.47. The molecule has 0 spiro atoms. The van der Waals surface area contributed by atoms with E-state index in [4.69, 9.17) is 4.74 Å². The lowest BCUT2D eigenvalue weighted by molar-refractivity contribution is 0.0973. The molecule has 1 aromatic heterocycles. The molecule has 4 nitrogen and oxygen atoms in total. The second-order valence-electron chi connectivity index (χ2n) is 7.30. The highest BCUT2D eigenvalue weighted by atomic mass is 19.1. The van der Waals surface area contributed by atoms with Gasteiger partial charge < -0.3 is 19.7 Å². The molecule has 27 heavy (non-hydrogen) atoms. The van der Waals surface area contributed by atoms with E-state index < -0.39 is 6.10 Å². The number of aromatic nitrogens is 1. The number of likely N-dealkylation sites (tertiary alicyclic amines) is 1. The lowest BCUT2D eigenvalue weighted by Crippen LogP contribution is -2.36. The third kappa shape index (κ3) is 3.84. The highest BCUT2D eigenvalue weighted by Gasteiger charge is 2.24. The maximum Gasteiger partial charge on any atom is 0.123 e. The number of nitrogens with one attached hydrogen (secondary N) is 1. The SMILES string of the molecule is COc1ccc2[nH]cc(C3CCN(C[C@H](O)c4ccc(F)cc4)CC3)c2c1. The summed E-state index contributed by atoms with van der Waals surface area (Å²) in [4.78, 5) is 5.66. The number of methoxy groups -OCH3 is 1. The number of aliphatic hydroxyl groups excluding tert-OH is 1. The molecule has 1 atom stereocenters. The topological polar surface area (TPSA) is 48.5 Å². The van der Waals surface area contributed by atoms with Crippen molar-refractivity contribution in [1.82, 2.24) is 9.88 Å². The lowest BCUT2D eigenvalue weighted by atomic mass is 9.89. The fourth-order valence-corrected chi connectivity index (χ4v) is 4.05. The Labute approximate surface area is 158 Å². The van der Waals surface area contributed by atoms with Crippen molar-refractivity contribution in [2.75, 3.05) is 26.7 Å². The van der Waals surface area contributed by atoms with Gasteiger partial charge >= 0.3 is 0 Å². The van der Waals surface area contributed by atoms with Crippen LogP contribution in [0, 0.1) is 5.82 Å². The number of nitrogens with zero attached hydrogens (tertiary/aromatic N) is 1. The van der Waals surface area contributed by atoms with Gasteiger partial charge in [-0.15, -0.1) is 0 Å². The van der Waals surface area contributed by atoms with Gasteiger partial charge in [0.1, 0.15) is 11.6 Å². The van der Waals surface area contributed by atoms with Crippen LogP contribution in [0.2, 0.25) is 0 Å². The van der Waals surface area contributed by atoms with E-state index in [9.17, 15) is 9.50 Å². The molecule has 3 aromatic rings. The molecule has 0 radical (unpaired) electrons. The first-order chi connectivity index (χ1) is 13.1. The Morgan fingerprint density at radius 3 is 2.63 bits per heavy atom. The van der Waals surface area contributed by atoms with Crippen molar-refractivity contribution in [3.63, 3.8) is 0 Å². The molecule has 0 amide bonds. The standard InChI is InChI=1S/C22H25FN2O2/c1-27-18-6-7-21-19(12-18)20(13-24-21)15-8-10-25(11-9-15)14-22(26)16-2-4-17(23)5-3-16/h2-7,12-13,15,22,24,26H,8-11,14H2,1H3/t22-/m0/s1. The van der Waals surface area contributed by atoms with Gasteiger partial charge in [-0.1, -0.05) is 12.1 Å². The first-order valence-electron chi connectivity index (χ1n) is 9.45. The Kier molecular flexibility index (Phi) is 5.14.